The fourth-order valence-corrected chi connectivity index (χ4v) is 2.14. The molecule has 0 aliphatic heterocycles. The molecule has 0 atom stereocenters. The highest BCUT2D eigenvalue weighted by Gasteiger charge is 2.94. The largest absolute Gasteiger partial charge is 0.392 e. The molecule has 0 bridgehead atoms. The maximum Gasteiger partial charge on any atom is 0.392 e. The van der Waals surface area contributed by atoms with Gasteiger partial charge in [0.1, 0.15) is 0 Å². The van der Waals surface area contributed by atoms with Gasteiger partial charge in [-0.2, -0.15) is 61.5 Å². The smallest absolute Gasteiger partial charge is 0.351 e. The second-order valence-corrected chi connectivity index (χ2v) is 6.69. The van der Waals surface area contributed by atoms with Crippen LogP contribution in [-0.4, -0.2) is 60.3 Å². The molecule has 0 unspecified atom stereocenters. The highest BCUT2D eigenvalue weighted by molar-refractivity contribution is 5.84. The van der Waals surface area contributed by atoms with E-state index in [1.165, 1.54) is 0 Å². The second-order valence-electron chi connectivity index (χ2n) is 6.69. The maximum absolute atomic E-state index is 13.6. The Morgan fingerprint density at radius 2 is 1.03 bits per heavy atom. The Balaban J connectivity index is 6.22. The third kappa shape index (κ3) is 4.79. The van der Waals surface area contributed by atoms with Gasteiger partial charge in [0.25, 0.3) is 5.91 Å². The van der Waals surface area contributed by atoms with Gasteiger partial charge in [-0.05, 0) is 6.42 Å². The van der Waals surface area contributed by atoms with Crippen LogP contribution >= 0.6 is 0 Å². The molecular weight excluding hydrogens is 514 g/mol. The molecule has 18 heteroatoms. The van der Waals surface area contributed by atoms with Gasteiger partial charge >= 0.3 is 47.9 Å². The molecular formula is C15H15F16NO. The Bertz CT molecular complexity index is 675. The summed E-state index contributed by atoms with van der Waals surface area (Å²) >= 11 is 0. The Labute approximate surface area is 174 Å². The molecule has 0 heterocycles. The van der Waals surface area contributed by atoms with Gasteiger partial charge in [-0.3, -0.25) is 4.79 Å². The summed E-state index contributed by atoms with van der Waals surface area (Å²) in [5.74, 6) is -59.2. The molecule has 0 aliphatic carbocycles. The average Bonchev–Trinajstić information content (AvgIpc) is 2.66. The molecule has 33 heavy (non-hydrogen) atoms. The van der Waals surface area contributed by atoms with Crippen molar-refractivity contribution in [2.24, 2.45) is 0 Å². The van der Waals surface area contributed by atoms with Crippen molar-refractivity contribution in [3.63, 3.8) is 0 Å². The fourth-order valence-electron chi connectivity index (χ4n) is 2.14. The normalized spacial score (nSPS) is 15.2. The zero-order valence-corrected chi connectivity index (χ0v) is 16.1. The molecule has 0 aromatic rings. The molecule has 0 saturated heterocycles. The SMILES string of the molecule is CCCCCCNC(=O)C(F)(F)C(F)(F)C(F)(F)C(F)(F)C(F)(F)C(F)(F)C(F)(F)C(F)F. The monoisotopic (exact) mass is 529 g/mol. The van der Waals surface area contributed by atoms with Gasteiger partial charge in [0.15, 0.2) is 0 Å². The van der Waals surface area contributed by atoms with Crippen molar-refractivity contribution < 1.29 is 75.0 Å². The van der Waals surface area contributed by atoms with Crippen LogP contribution < -0.4 is 5.32 Å². The van der Waals surface area contributed by atoms with Gasteiger partial charge in [-0.25, -0.2) is 8.78 Å². The number of alkyl halides is 16. The van der Waals surface area contributed by atoms with Gasteiger partial charge in [-0.15, -0.1) is 0 Å². The van der Waals surface area contributed by atoms with Crippen molar-refractivity contribution in [1.29, 1.82) is 0 Å². The molecule has 0 saturated carbocycles. The van der Waals surface area contributed by atoms with E-state index in [9.17, 15) is 75.0 Å². The van der Waals surface area contributed by atoms with Gasteiger partial charge in [0, 0.05) is 6.54 Å². The van der Waals surface area contributed by atoms with Crippen LogP contribution in [0.5, 0.6) is 0 Å². The van der Waals surface area contributed by atoms with E-state index in [0.717, 1.165) is 5.32 Å². The summed E-state index contributed by atoms with van der Waals surface area (Å²) < 4.78 is 210. The molecule has 0 aliphatic rings. The molecule has 0 spiro atoms. The Kier molecular flexibility index (Phi) is 9.06. The third-order valence-electron chi connectivity index (χ3n) is 4.27. The molecule has 198 valence electrons. The number of unbranched alkanes of at least 4 members (excludes halogenated alkanes) is 3. The van der Waals surface area contributed by atoms with Gasteiger partial charge in [0.05, 0.1) is 0 Å². The summed E-state index contributed by atoms with van der Waals surface area (Å²) in [6.07, 6.45) is -5.00. The topological polar surface area (TPSA) is 29.1 Å². The summed E-state index contributed by atoms with van der Waals surface area (Å²) in [7, 11) is 0. The summed E-state index contributed by atoms with van der Waals surface area (Å²) in [6, 6.07) is 0. The van der Waals surface area contributed by atoms with Gasteiger partial charge in [-0.1, -0.05) is 26.2 Å². The van der Waals surface area contributed by atoms with Crippen LogP contribution in [0.1, 0.15) is 32.6 Å². The van der Waals surface area contributed by atoms with Crippen molar-refractivity contribution in [2.75, 3.05) is 6.54 Å². The Hall–Kier alpha value is -1.65. The number of halogens is 16. The van der Waals surface area contributed by atoms with E-state index >= 15 is 0 Å². The number of nitrogens with one attached hydrogen (secondary N) is 1. The molecule has 0 aromatic carbocycles. The second kappa shape index (κ2) is 9.54. The van der Waals surface area contributed by atoms with Crippen LogP contribution in [0.25, 0.3) is 0 Å². The lowest BCUT2D eigenvalue weighted by atomic mass is 9.89. The van der Waals surface area contributed by atoms with Crippen LogP contribution in [-0.2, 0) is 4.79 Å². The minimum Gasteiger partial charge on any atom is -0.351 e. The molecule has 1 amide bonds. The Morgan fingerprint density at radius 3 is 1.42 bits per heavy atom. The van der Waals surface area contributed by atoms with Crippen LogP contribution in [0.4, 0.5) is 70.2 Å². The number of amides is 1. The number of hydrogen-bond donors (Lipinski definition) is 1. The summed E-state index contributed by atoms with van der Waals surface area (Å²) in [5.41, 5.74) is 0. The van der Waals surface area contributed by atoms with E-state index in [1.807, 2.05) is 0 Å². The predicted molar refractivity (Wildman–Crippen MR) is 77.8 cm³/mol. The van der Waals surface area contributed by atoms with Crippen LogP contribution in [0.15, 0.2) is 0 Å². The third-order valence-corrected chi connectivity index (χ3v) is 4.27. The van der Waals surface area contributed by atoms with Crippen molar-refractivity contribution in [1.82, 2.24) is 5.32 Å². The number of carbonyl (C=O) groups excluding carboxylic acids is 1. The van der Waals surface area contributed by atoms with E-state index in [4.69, 9.17) is 0 Å². The average molecular weight is 529 g/mol. The summed E-state index contributed by atoms with van der Waals surface area (Å²) in [6.45, 7) is 0.730. The zero-order chi connectivity index (χ0) is 26.9. The first-order valence-electron chi connectivity index (χ1n) is 8.64. The fraction of sp³-hybridized carbons (Fsp3) is 0.933. The molecule has 0 fully saturated rings. The number of rotatable bonds is 13. The lowest BCUT2D eigenvalue weighted by molar-refractivity contribution is -0.443. The first kappa shape index (κ1) is 31.4. The number of hydrogen-bond acceptors (Lipinski definition) is 1. The summed E-state index contributed by atoms with van der Waals surface area (Å²) in [4.78, 5) is 11.1. The molecule has 0 rings (SSSR count). The van der Waals surface area contributed by atoms with Crippen molar-refractivity contribution in [3.05, 3.63) is 0 Å². The van der Waals surface area contributed by atoms with Crippen LogP contribution in [0.3, 0.4) is 0 Å². The van der Waals surface area contributed by atoms with Crippen molar-refractivity contribution in [2.45, 2.75) is 80.5 Å². The van der Waals surface area contributed by atoms with E-state index in [0.29, 0.717) is 12.8 Å². The first-order valence-corrected chi connectivity index (χ1v) is 8.64. The highest BCUT2D eigenvalue weighted by atomic mass is 19.4. The lowest BCUT2D eigenvalue weighted by Crippen LogP contribution is -2.74. The van der Waals surface area contributed by atoms with Crippen molar-refractivity contribution in [3.8, 4) is 0 Å². The highest BCUT2D eigenvalue weighted by Crippen LogP contribution is 2.62. The lowest BCUT2D eigenvalue weighted by Gasteiger charge is -2.42. The van der Waals surface area contributed by atoms with Crippen LogP contribution in [0.2, 0.25) is 0 Å². The van der Waals surface area contributed by atoms with E-state index in [1.54, 1.807) is 6.92 Å². The summed E-state index contributed by atoms with van der Waals surface area (Å²) in [5, 5.41) is 0.918. The minimum absolute atomic E-state index is 0.173. The zero-order valence-electron chi connectivity index (χ0n) is 16.1. The van der Waals surface area contributed by atoms with E-state index in [-0.39, 0.29) is 12.8 Å². The maximum atomic E-state index is 13.6. The predicted octanol–water partition coefficient (Wildman–Crippen LogP) is 6.40. The van der Waals surface area contributed by atoms with E-state index < -0.39 is 60.3 Å². The van der Waals surface area contributed by atoms with Gasteiger partial charge in [0.2, 0.25) is 0 Å². The molecule has 0 radical (unpaired) electrons. The van der Waals surface area contributed by atoms with E-state index in [2.05, 4.69) is 0 Å². The molecule has 0 aromatic heterocycles. The Morgan fingerprint density at radius 1 is 0.636 bits per heavy atom. The first-order chi connectivity index (χ1) is 14.4. The molecule has 2 nitrogen and oxygen atoms in total. The standard InChI is InChI=1S/C15H15F16NO/c1-2-3-4-5-6-32-8(33)10(20,21)12(24,25)14(28,29)15(30,31)13(26,27)11(22,23)9(18,19)7(16)17/h7H,2-6H2,1H3,(H,32,33). The molecule has 1 N–H and O–H groups in total. The number of carbonyl (C=O) groups is 1. The quantitative estimate of drug-likeness (QED) is 0.217. The van der Waals surface area contributed by atoms with Gasteiger partial charge < -0.3 is 5.32 Å². The van der Waals surface area contributed by atoms with Crippen LogP contribution in [0, 0.1) is 0 Å². The van der Waals surface area contributed by atoms with Crippen molar-refractivity contribution >= 4 is 5.91 Å². The minimum atomic E-state index is -8.50.